The zero-order valence-corrected chi connectivity index (χ0v) is 9.27. The maximum atomic E-state index is 11.9. The van der Waals surface area contributed by atoms with E-state index in [1.165, 1.54) is 7.11 Å². The van der Waals surface area contributed by atoms with E-state index >= 15 is 0 Å². The maximum absolute atomic E-state index is 11.9. The lowest BCUT2D eigenvalue weighted by Crippen LogP contribution is -2.56. The molecule has 1 unspecified atom stereocenters. The number of rotatable bonds is 2. The van der Waals surface area contributed by atoms with Gasteiger partial charge >= 0.3 is 5.97 Å². The number of ether oxygens (including phenoxy) is 2. The van der Waals surface area contributed by atoms with Crippen molar-refractivity contribution in [2.45, 2.75) is 6.10 Å². The molecule has 0 spiro atoms. The number of carbonyl (C=O) groups is 2. The zero-order chi connectivity index (χ0) is 11.5. The van der Waals surface area contributed by atoms with Crippen molar-refractivity contribution in [3.8, 4) is 0 Å². The van der Waals surface area contributed by atoms with Gasteiger partial charge in [0.1, 0.15) is 0 Å². The second-order valence-corrected chi connectivity index (χ2v) is 4.02. The molecule has 2 aliphatic heterocycles. The molecule has 0 radical (unpaired) electrons. The van der Waals surface area contributed by atoms with E-state index in [4.69, 9.17) is 4.74 Å². The van der Waals surface area contributed by atoms with Gasteiger partial charge in [-0.05, 0) is 0 Å². The van der Waals surface area contributed by atoms with Crippen molar-refractivity contribution >= 4 is 11.9 Å². The highest BCUT2D eigenvalue weighted by molar-refractivity contribution is 5.82. The molecule has 2 rings (SSSR count). The minimum Gasteiger partial charge on any atom is -0.467 e. The molecular weight excluding hydrogens is 212 g/mol. The lowest BCUT2D eigenvalue weighted by Gasteiger charge is -2.36. The Morgan fingerprint density at radius 1 is 1.44 bits per heavy atom. The Balaban J connectivity index is 1.90. The molecule has 6 heteroatoms. The van der Waals surface area contributed by atoms with Gasteiger partial charge in [-0.1, -0.05) is 0 Å². The Labute approximate surface area is 93.9 Å². The number of nitrogens with one attached hydrogen (secondary N) is 1. The summed E-state index contributed by atoms with van der Waals surface area (Å²) in [6, 6.07) is 0. The molecule has 0 aromatic rings. The largest absolute Gasteiger partial charge is 0.467 e. The number of hydrogen-bond donors (Lipinski definition) is 1. The molecular formula is C10H16N2O4. The van der Waals surface area contributed by atoms with Crippen molar-refractivity contribution in [3.63, 3.8) is 0 Å². The van der Waals surface area contributed by atoms with Crippen LogP contribution in [0.4, 0.5) is 0 Å². The van der Waals surface area contributed by atoms with E-state index in [1.807, 2.05) is 0 Å². The maximum Gasteiger partial charge on any atom is 0.336 e. The summed E-state index contributed by atoms with van der Waals surface area (Å²) in [6.45, 7) is 2.73. The van der Waals surface area contributed by atoms with Crippen molar-refractivity contribution < 1.29 is 19.1 Å². The van der Waals surface area contributed by atoms with Gasteiger partial charge in [0.25, 0.3) is 0 Å². The first-order valence-corrected chi connectivity index (χ1v) is 5.41. The first-order valence-electron chi connectivity index (χ1n) is 5.41. The highest BCUT2D eigenvalue weighted by Crippen LogP contribution is 2.13. The lowest BCUT2D eigenvalue weighted by atomic mass is 10.0. The van der Waals surface area contributed by atoms with Crippen molar-refractivity contribution in [3.05, 3.63) is 0 Å². The number of carbonyl (C=O) groups excluding carboxylic acids is 2. The van der Waals surface area contributed by atoms with Crippen LogP contribution in [0.5, 0.6) is 0 Å². The number of esters is 1. The summed E-state index contributed by atoms with van der Waals surface area (Å²) in [7, 11) is 1.32. The van der Waals surface area contributed by atoms with E-state index in [0.29, 0.717) is 19.7 Å². The highest BCUT2D eigenvalue weighted by atomic mass is 16.6. The quantitative estimate of drug-likeness (QED) is 0.589. The molecule has 0 aromatic heterocycles. The van der Waals surface area contributed by atoms with Gasteiger partial charge in [-0.2, -0.15) is 0 Å². The number of methoxy groups -OCH3 is 1. The molecule has 0 aromatic carbocycles. The fourth-order valence-corrected chi connectivity index (χ4v) is 1.84. The fraction of sp³-hybridized carbons (Fsp3) is 0.800. The van der Waals surface area contributed by atoms with Gasteiger partial charge in [-0.15, -0.1) is 0 Å². The normalized spacial score (nSPS) is 26.1. The molecule has 0 aliphatic carbocycles. The van der Waals surface area contributed by atoms with E-state index in [-0.39, 0.29) is 11.8 Å². The topological polar surface area (TPSA) is 67.9 Å². The summed E-state index contributed by atoms with van der Waals surface area (Å²) in [5.41, 5.74) is 0. The number of amides is 1. The van der Waals surface area contributed by atoms with Crippen LogP contribution >= 0.6 is 0 Å². The van der Waals surface area contributed by atoms with Crippen LogP contribution in [-0.4, -0.2) is 62.8 Å². The lowest BCUT2D eigenvalue weighted by molar-refractivity contribution is -0.163. The Hall–Kier alpha value is -1.14. The molecule has 0 bridgehead atoms. The van der Waals surface area contributed by atoms with Gasteiger partial charge in [0, 0.05) is 19.6 Å². The van der Waals surface area contributed by atoms with Gasteiger partial charge in [0.2, 0.25) is 5.91 Å². The van der Waals surface area contributed by atoms with E-state index in [2.05, 4.69) is 10.1 Å². The smallest absolute Gasteiger partial charge is 0.336 e. The first kappa shape index (κ1) is 11.3. The van der Waals surface area contributed by atoms with Crippen LogP contribution in [-0.2, 0) is 19.1 Å². The molecule has 2 saturated heterocycles. The summed E-state index contributed by atoms with van der Waals surface area (Å²) in [5, 5.41) is 3.06. The summed E-state index contributed by atoms with van der Waals surface area (Å²) >= 11 is 0. The summed E-state index contributed by atoms with van der Waals surface area (Å²) in [6.07, 6.45) is -0.629. The van der Waals surface area contributed by atoms with Gasteiger partial charge in [-0.3, -0.25) is 4.79 Å². The van der Waals surface area contributed by atoms with Gasteiger partial charge < -0.3 is 19.7 Å². The van der Waals surface area contributed by atoms with Crippen LogP contribution < -0.4 is 5.32 Å². The molecule has 90 valence electrons. The summed E-state index contributed by atoms with van der Waals surface area (Å²) in [4.78, 5) is 24.9. The third-order valence-electron chi connectivity index (χ3n) is 2.97. The van der Waals surface area contributed by atoms with Gasteiger partial charge in [-0.25, -0.2) is 4.79 Å². The Morgan fingerprint density at radius 3 is 2.75 bits per heavy atom. The average molecular weight is 228 g/mol. The summed E-state index contributed by atoms with van der Waals surface area (Å²) < 4.78 is 9.86. The van der Waals surface area contributed by atoms with E-state index in [1.54, 1.807) is 4.90 Å². The van der Waals surface area contributed by atoms with Crippen LogP contribution in [0.25, 0.3) is 0 Å². The van der Waals surface area contributed by atoms with Gasteiger partial charge in [0.15, 0.2) is 6.10 Å². The third-order valence-corrected chi connectivity index (χ3v) is 2.97. The van der Waals surface area contributed by atoms with E-state index in [9.17, 15) is 9.59 Å². The third kappa shape index (κ3) is 2.17. The predicted octanol–water partition coefficient (Wildman–Crippen LogP) is -1.39. The number of morpholine rings is 1. The Morgan fingerprint density at radius 2 is 2.19 bits per heavy atom. The Kier molecular flexibility index (Phi) is 3.40. The standard InChI is InChI=1S/C10H16N2O4/c1-15-10(14)8-6-12(2-3-16-8)9(13)7-4-11-5-7/h7-8,11H,2-6H2,1H3. The van der Waals surface area contributed by atoms with Gasteiger partial charge in [0.05, 0.1) is 26.2 Å². The monoisotopic (exact) mass is 228 g/mol. The van der Waals surface area contributed by atoms with E-state index < -0.39 is 12.1 Å². The minimum atomic E-state index is -0.629. The number of nitrogens with zero attached hydrogens (tertiary/aromatic N) is 1. The number of hydrogen-bond acceptors (Lipinski definition) is 5. The van der Waals surface area contributed by atoms with Crippen molar-refractivity contribution in [1.82, 2.24) is 10.2 Å². The van der Waals surface area contributed by atoms with Crippen LogP contribution in [0.2, 0.25) is 0 Å². The average Bonchev–Trinajstić information content (AvgIpc) is 2.26. The van der Waals surface area contributed by atoms with Crippen LogP contribution in [0.3, 0.4) is 0 Å². The second kappa shape index (κ2) is 4.80. The van der Waals surface area contributed by atoms with Crippen LogP contribution in [0, 0.1) is 5.92 Å². The first-order chi connectivity index (χ1) is 7.72. The molecule has 1 N–H and O–H groups in total. The van der Waals surface area contributed by atoms with E-state index in [0.717, 1.165) is 13.1 Å². The molecule has 1 atom stereocenters. The van der Waals surface area contributed by atoms with Crippen molar-refractivity contribution in [2.24, 2.45) is 5.92 Å². The molecule has 6 nitrogen and oxygen atoms in total. The fourth-order valence-electron chi connectivity index (χ4n) is 1.84. The molecule has 2 fully saturated rings. The summed E-state index contributed by atoms with van der Waals surface area (Å²) in [5.74, 6) is -0.239. The predicted molar refractivity (Wildman–Crippen MR) is 54.7 cm³/mol. The zero-order valence-electron chi connectivity index (χ0n) is 9.27. The minimum absolute atomic E-state index is 0.0661. The Bertz CT molecular complexity index is 291. The van der Waals surface area contributed by atoms with Crippen molar-refractivity contribution in [2.75, 3.05) is 39.9 Å². The highest BCUT2D eigenvalue weighted by Gasteiger charge is 2.34. The SMILES string of the molecule is COC(=O)C1CN(C(=O)C2CNC2)CCO1. The van der Waals surface area contributed by atoms with Crippen LogP contribution in [0.15, 0.2) is 0 Å². The molecule has 2 heterocycles. The molecule has 1 amide bonds. The molecule has 2 aliphatic rings. The molecule has 16 heavy (non-hydrogen) atoms. The molecule has 0 saturated carbocycles. The van der Waals surface area contributed by atoms with Crippen LogP contribution in [0.1, 0.15) is 0 Å². The second-order valence-electron chi connectivity index (χ2n) is 4.02. The van der Waals surface area contributed by atoms with Crippen molar-refractivity contribution in [1.29, 1.82) is 0 Å².